The smallest absolute Gasteiger partial charge is 0.274 e. The average molecular weight is 300 g/mol. The molecule has 0 radical (unpaired) electrons. The van der Waals surface area contributed by atoms with Crippen molar-refractivity contribution in [2.45, 2.75) is 19.4 Å². The Morgan fingerprint density at radius 1 is 1.36 bits per heavy atom. The Morgan fingerprint density at radius 2 is 2.23 bits per heavy atom. The zero-order valence-electron chi connectivity index (χ0n) is 12.2. The van der Waals surface area contributed by atoms with Gasteiger partial charge in [0.2, 0.25) is 5.88 Å². The molecule has 7 nitrogen and oxygen atoms in total. The van der Waals surface area contributed by atoms with Crippen LogP contribution in [-0.4, -0.2) is 45.2 Å². The predicted octanol–water partition coefficient (Wildman–Crippen LogP) is 0.767. The van der Waals surface area contributed by atoms with E-state index in [9.17, 15) is 9.59 Å². The highest BCUT2D eigenvalue weighted by atomic mass is 16.5. The van der Waals surface area contributed by atoms with Gasteiger partial charge < -0.3 is 9.64 Å². The summed E-state index contributed by atoms with van der Waals surface area (Å²) in [4.78, 5) is 29.1. The van der Waals surface area contributed by atoms with Gasteiger partial charge in [0, 0.05) is 31.3 Å². The number of aromatic amines is 1. The Kier molecular flexibility index (Phi) is 3.86. The molecule has 7 heteroatoms. The van der Waals surface area contributed by atoms with Crippen molar-refractivity contribution in [2.24, 2.45) is 0 Å². The van der Waals surface area contributed by atoms with Gasteiger partial charge in [-0.25, -0.2) is 10.1 Å². The standard InChI is InChI=1S/C15H16N4O3/c1-10-2-5-14(16-8-10)22-11-6-7-19(9-11)15(21)12-3-4-13(20)18-17-12/h2-5,8,11H,6-7,9H2,1H3,(H,18,20). The van der Waals surface area contributed by atoms with Gasteiger partial charge in [-0.1, -0.05) is 6.07 Å². The number of aromatic nitrogens is 3. The lowest BCUT2D eigenvalue weighted by atomic mass is 10.3. The van der Waals surface area contributed by atoms with Crippen LogP contribution in [-0.2, 0) is 0 Å². The molecule has 22 heavy (non-hydrogen) atoms. The van der Waals surface area contributed by atoms with E-state index in [0.29, 0.717) is 19.0 Å². The van der Waals surface area contributed by atoms with Crippen molar-refractivity contribution in [1.29, 1.82) is 0 Å². The Balaban J connectivity index is 1.62. The van der Waals surface area contributed by atoms with Crippen LogP contribution < -0.4 is 10.3 Å². The normalized spacial score (nSPS) is 17.5. The Labute approximate surface area is 126 Å². The largest absolute Gasteiger partial charge is 0.472 e. The molecule has 1 fully saturated rings. The van der Waals surface area contributed by atoms with Crippen LogP contribution in [0, 0.1) is 6.92 Å². The molecule has 114 valence electrons. The fourth-order valence-corrected chi connectivity index (χ4v) is 2.33. The molecule has 0 saturated carbocycles. The number of aryl methyl sites for hydroxylation is 1. The first-order valence-corrected chi connectivity index (χ1v) is 7.06. The van der Waals surface area contributed by atoms with Gasteiger partial charge in [0.1, 0.15) is 11.8 Å². The van der Waals surface area contributed by atoms with Crippen molar-refractivity contribution in [3.05, 3.63) is 52.1 Å². The first-order chi connectivity index (χ1) is 10.6. The van der Waals surface area contributed by atoms with Crippen LogP contribution in [0.15, 0.2) is 35.3 Å². The number of rotatable bonds is 3. The summed E-state index contributed by atoms with van der Waals surface area (Å²) in [5.74, 6) is 0.353. The van der Waals surface area contributed by atoms with Crippen molar-refractivity contribution in [3.63, 3.8) is 0 Å². The summed E-state index contributed by atoms with van der Waals surface area (Å²) in [5.41, 5.74) is 0.970. The number of hydrogen-bond acceptors (Lipinski definition) is 5. The number of pyridine rings is 1. The number of nitrogens with one attached hydrogen (secondary N) is 1. The summed E-state index contributed by atoms with van der Waals surface area (Å²) in [6.45, 7) is 3.04. The second-order valence-corrected chi connectivity index (χ2v) is 5.26. The molecule has 1 aliphatic rings. The van der Waals surface area contributed by atoms with Crippen LogP contribution >= 0.6 is 0 Å². The molecule has 1 aliphatic heterocycles. The second kappa shape index (κ2) is 5.97. The van der Waals surface area contributed by atoms with E-state index >= 15 is 0 Å². The number of carbonyl (C=O) groups excluding carboxylic acids is 1. The van der Waals surface area contributed by atoms with Crippen LogP contribution in [0.25, 0.3) is 0 Å². The fraction of sp³-hybridized carbons (Fsp3) is 0.333. The van der Waals surface area contributed by atoms with E-state index in [1.165, 1.54) is 12.1 Å². The van der Waals surface area contributed by atoms with Crippen molar-refractivity contribution < 1.29 is 9.53 Å². The first-order valence-electron chi connectivity index (χ1n) is 7.06. The van der Waals surface area contributed by atoms with Gasteiger partial charge in [-0.15, -0.1) is 0 Å². The van der Waals surface area contributed by atoms with E-state index in [1.807, 2.05) is 19.1 Å². The zero-order valence-corrected chi connectivity index (χ0v) is 12.2. The van der Waals surface area contributed by atoms with Gasteiger partial charge in [-0.2, -0.15) is 5.10 Å². The molecule has 3 heterocycles. The molecule has 0 aliphatic carbocycles. The third-order valence-electron chi connectivity index (χ3n) is 3.50. The molecule has 3 rings (SSSR count). The van der Waals surface area contributed by atoms with Gasteiger partial charge in [-0.05, 0) is 18.6 Å². The third-order valence-corrected chi connectivity index (χ3v) is 3.50. The van der Waals surface area contributed by atoms with Gasteiger partial charge >= 0.3 is 0 Å². The molecule has 1 saturated heterocycles. The Hall–Kier alpha value is -2.70. The number of hydrogen-bond donors (Lipinski definition) is 1. The summed E-state index contributed by atoms with van der Waals surface area (Å²) in [6.07, 6.45) is 2.41. The Morgan fingerprint density at radius 3 is 2.91 bits per heavy atom. The molecule has 1 atom stereocenters. The maximum atomic E-state index is 12.3. The topological polar surface area (TPSA) is 88.2 Å². The predicted molar refractivity (Wildman–Crippen MR) is 78.8 cm³/mol. The number of nitrogens with zero attached hydrogens (tertiary/aromatic N) is 3. The summed E-state index contributed by atoms with van der Waals surface area (Å²) < 4.78 is 5.78. The molecule has 0 bridgehead atoms. The molecule has 1 amide bonds. The van der Waals surface area contributed by atoms with Gasteiger partial charge in [0.05, 0.1) is 6.54 Å². The molecule has 0 aromatic carbocycles. The average Bonchev–Trinajstić information content (AvgIpc) is 2.98. The monoisotopic (exact) mass is 300 g/mol. The van der Waals surface area contributed by atoms with Crippen LogP contribution in [0.4, 0.5) is 0 Å². The van der Waals surface area contributed by atoms with E-state index in [0.717, 1.165) is 12.0 Å². The molecule has 2 aromatic rings. The van der Waals surface area contributed by atoms with E-state index in [-0.39, 0.29) is 23.3 Å². The summed E-state index contributed by atoms with van der Waals surface area (Å²) in [6, 6.07) is 6.48. The lowest BCUT2D eigenvalue weighted by molar-refractivity contribution is 0.0764. The highest BCUT2D eigenvalue weighted by Crippen LogP contribution is 2.18. The van der Waals surface area contributed by atoms with Crippen LogP contribution in [0.2, 0.25) is 0 Å². The lowest BCUT2D eigenvalue weighted by Gasteiger charge is -2.16. The van der Waals surface area contributed by atoms with Crippen molar-refractivity contribution in [2.75, 3.05) is 13.1 Å². The summed E-state index contributed by atoms with van der Waals surface area (Å²) in [5, 5.41) is 6.03. The van der Waals surface area contributed by atoms with E-state index in [2.05, 4.69) is 15.2 Å². The van der Waals surface area contributed by atoms with Gasteiger partial charge in [-0.3, -0.25) is 9.59 Å². The minimum absolute atomic E-state index is 0.0816. The van der Waals surface area contributed by atoms with Crippen LogP contribution in [0.5, 0.6) is 5.88 Å². The molecule has 1 unspecified atom stereocenters. The number of likely N-dealkylation sites (tertiary alicyclic amines) is 1. The fourth-order valence-electron chi connectivity index (χ4n) is 2.33. The first kappa shape index (κ1) is 14.2. The quantitative estimate of drug-likeness (QED) is 0.904. The SMILES string of the molecule is Cc1ccc(OC2CCN(C(=O)c3ccc(=O)[nH]n3)C2)nc1. The van der Waals surface area contributed by atoms with E-state index < -0.39 is 0 Å². The summed E-state index contributed by atoms with van der Waals surface area (Å²) >= 11 is 0. The minimum atomic E-state index is -0.329. The number of H-pyrrole nitrogens is 1. The number of carbonyl (C=O) groups is 1. The maximum absolute atomic E-state index is 12.3. The highest BCUT2D eigenvalue weighted by molar-refractivity contribution is 5.92. The lowest BCUT2D eigenvalue weighted by Crippen LogP contribution is -2.32. The third kappa shape index (κ3) is 3.13. The van der Waals surface area contributed by atoms with Crippen LogP contribution in [0.1, 0.15) is 22.5 Å². The summed E-state index contributed by atoms with van der Waals surface area (Å²) in [7, 11) is 0. The second-order valence-electron chi connectivity index (χ2n) is 5.26. The van der Waals surface area contributed by atoms with Crippen molar-refractivity contribution in [1.82, 2.24) is 20.1 Å². The molecular formula is C15H16N4O3. The minimum Gasteiger partial charge on any atom is -0.472 e. The molecule has 1 N–H and O–H groups in total. The molecule has 0 spiro atoms. The van der Waals surface area contributed by atoms with E-state index in [1.54, 1.807) is 11.1 Å². The van der Waals surface area contributed by atoms with Gasteiger partial charge in [0.25, 0.3) is 11.5 Å². The Bertz CT molecular complexity index is 706. The highest BCUT2D eigenvalue weighted by Gasteiger charge is 2.29. The maximum Gasteiger partial charge on any atom is 0.274 e. The number of amides is 1. The molecule has 2 aromatic heterocycles. The zero-order chi connectivity index (χ0) is 15.5. The number of ether oxygens (including phenoxy) is 1. The van der Waals surface area contributed by atoms with Gasteiger partial charge in [0.15, 0.2) is 0 Å². The van der Waals surface area contributed by atoms with Crippen molar-refractivity contribution in [3.8, 4) is 5.88 Å². The molecular weight excluding hydrogens is 284 g/mol. The van der Waals surface area contributed by atoms with Crippen molar-refractivity contribution >= 4 is 5.91 Å². The van der Waals surface area contributed by atoms with Crippen LogP contribution in [0.3, 0.4) is 0 Å². The van der Waals surface area contributed by atoms with E-state index in [4.69, 9.17) is 4.74 Å².